The van der Waals surface area contributed by atoms with Gasteiger partial charge in [0.25, 0.3) is 0 Å². The Hall–Kier alpha value is -1.91. The molecule has 0 aromatic carbocycles. The number of alkyl carbamates (subject to hydrolysis) is 1. The number of nitrogens with one attached hydrogen (secondary N) is 2. The first-order valence-electron chi connectivity index (χ1n) is 14.3. The molecule has 14 nitrogen and oxygen atoms in total. The molecule has 240 valence electrons. The lowest BCUT2D eigenvalue weighted by atomic mass is 9.97. The summed E-state index contributed by atoms with van der Waals surface area (Å²) in [6.07, 6.45) is -6.41. The van der Waals surface area contributed by atoms with Crippen molar-refractivity contribution in [3.05, 3.63) is 0 Å². The Morgan fingerprint density at radius 1 is 0.762 bits per heavy atom. The molecule has 0 bridgehead atoms. The first-order valence-corrected chi connectivity index (χ1v) is 14.3. The van der Waals surface area contributed by atoms with E-state index in [-0.39, 0.29) is 18.6 Å². The molecule has 4 aliphatic heterocycles. The van der Waals surface area contributed by atoms with Crippen molar-refractivity contribution in [2.45, 2.75) is 147 Å². The van der Waals surface area contributed by atoms with E-state index in [1.165, 1.54) is 21.1 Å². The van der Waals surface area contributed by atoms with E-state index in [1.807, 2.05) is 0 Å². The normalized spacial score (nSPS) is 36.1. The standard InChI is InChI=1S/C28H46N2O12/c1-13(31)11-14(17-19(34-9)21-23(36-17)40-27(5,6)38-21)29-16(32)12-15(30-25(33)42-26(2,3)4)18-20(35-10)22-24(37-18)41-28(7,8)39-22/h14-15,17-24H,11-12H2,1-10H3,(H,29,32)(H,30,33). The van der Waals surface area contributed by atoms with Crippen LogP contribution in [-0.4, -0.2) is 110 Å². The van der Waals surface area contributed by atoms with Crippen LogP contribution in [0.5, 0.6) is 0 Å². The van der Waals surface area contributed by atoms with Crippen LogP contribution in [0.2, 0.25) is 0 Å². The zero-order chi connectivity index (χ0) is 31.2. The third kappa shape index (κ3) is 7.59. The summed E-state index contributed by atoms with van der Waals surface area (Å²) in [6.45, 7) is 13.7. The van der Waals surface area contributed by atoms with Crippen LogP contribution in [0.25, 0.3) is 0 Å². The maximum absolute atomic E-state index is 13.6. The summed E-state index contributed by atoms with van der Waals surface area (Å²) in [5.74, 6) is -2.39. The van der Waals surface area contributed by atoms with Crippen molar-refractivity contribution < 1.29 is 57.0 Å². The number of fused-ring (bicyclic) bond motifs is 2. The predicted octanol–water partition coefficient (Wildman–Crippen LogP) is 1.52. The molecule has 2 N–H and O–H groups in total. The number of carbonyl (C=O) groups excluding carboxylic acids is 3. The van der Waals surface area contributed by atoms with Gasteiger partial charge in [0.2, 0.25) is 5.91 Å². The highest BCUT2D eigenvalue weighted by Crippen LogP contribution is 2.41. The summed E-state index contributed by atoms with van der Waals surface area (Å²) in [5.41, 5.74) is -0.779. The second-order valence-electron chi connectivity index (χ2n) is 13.1. The fourth-order valence-corrected chi connectivity index (χ4v) is 5.93. The Bertz CT molecular complexity index is 1010. The Labute approximate surface area is 246 Å². The minimum Gasteiger partial charge on any atom is -0.444 e. The van der Waals surface area contributed by atoms with Gasteiger partial charge in [-0.1, -0.05) is 0 Å². The smallest absolute Gasteiger partial charge is 0.407 e. The van der Waals surface area contributed by atoms with Crippen LogP contribution in [0, 0.1) is 0 Å². The predicted molar refractivity (Wildman–Crippen MR) is 144 cm³/mol. The molecule has 0 aliphatic carbocycles. The topological polar surface area (TPSA) is 158 Å². The van der Waals surface area contributed by atoms with E-state index in [0.29, 0.717) is 0 Å². The molecule has 0 saturated carbocycles. The van der Waals surface area contributed by atoms with E-state index < -0.39 is 90.5 Å². The third-order valence-electron chi connectivity index (χ3n) is 7.35. The average Bonchev–Trinajstić information content (AvgIpc) is 3.50. The summed E-state index contributed by atoms with van der Waals surface area (Å²) in [6, 6.07) is -1.67. The quantitative estimate of drug-likeness (QED) is 0.372. The molecular weight excluding hydrogens is 556 g/mol. The summed E-state index contributed by atoms with van der Waals surface area (Å²) >= 11 is 0. The van der Waals surface area contributed by atoms with Crippen LogP contribution in [0.1, 0.15) is 68.2 Å². The maximum Gasteiger partial charge on any atom is 0.407 e. The lowest BCUT2D eigenvalue weighted by molar-refractivity contribution is -0.220. The zero-order valence-corrected chi connectivity index (χ0v) is 26.1. The Morgan fingerprint density at radius 2 is 1.21 bits per heavy atom. The molecule has 4 heterocycles. The molecule has 0 spiro atoms. The van der Waals surface area contributed by atoms with Crippen LogP contribution in [-0.2, 0) is 52.2 Å². The second kappa shape index (κ2) is 12.2. The molecule has 4 saturated heterocycles. The summed E-state index contributed by atoms with van der Waals surface area (Å²) < 4.78 is 52.8. The van der Waals surface area contributed by atoms with Gasteiger partial charge in [-0.3, -0.25) is 9.59 Å². The van der Waals surface area contributed by atoms with Crippen LogP contribution >= 0.6 is 0 Å². The number of amides is 2. The molecule has 42 heavy (non-hydrogen) atoms. The number of Topliss-reactive ketones (excluding diaryl/α,β-unsaturated/α-hetero) is 1. The van der Waals surface area contributed by atoms with Gasteiger partial charge in [-0.25, -0.2) is 4.79 Å². The van der Waals surface area contributed by atoms with Gasteiger partial charge < -0.3 is 53.3 Å². The van der Waals surface area contributed by atoms with E-state index in [4.69, 9.17) is 42.6 Å². The van der Waals surface area contributed by atoms with E-state index in [2.05, 4.69) is 10.6 Å². The van der Waals surface area contributed by atoms with E-state index in [9.17, 15) is 14.4 Å². The molecule has 2 amide bonds. The third-order valence-corrected chi connectivity index (χ3v) is 7.35. The van der Waals surface area contributed by atoms with Crippen LogP contribution in [0.4, 0.5) is 4.79 Å². The van der Waals surface area contributed by atoms with Gasteiger partial charge >= 0.3 is 6.09 Å². The maximum atomic E-state index is 13.6. The minimum absolute atomic E-state index is 0.0230. The Kier molecular flexibility index (Phi) is 9.61. The number of ether oxygens (including phenoxy) is 9. The van der Waals surface area contributed by atoms with Crippen molar-refractivity contribution in [2.75, 3.05) is 14.2 Å². The number of rotatable bonds is 10. The summed E-state index contributed by atoms with van der Waals surface area (Å²) in [5, 5.41) is 5.67. The molecule has 4 rings (SSSR count). The lowest BCUT2D eigenvalue weighted by Gasteiger charge is -2.33. The molecule has 0 radical (unpaired) electrons. The van der Waals surface area contributed by atoms with Gasteiger partial charge in [0.15, 0.2) is 24.2 Å². The molecule has 0 aromatic rings. The highest BCUT2D eigenvalue weighted by molar-refractivity contribution is 5.80. The Balaban J connectivity index is 1.51. The molecule has 4 fully saturated rings. The fraction of sp³-hybridized carbons (Fsp3) is 0.893. The fourth-order valence-electron chi connectivity index (χ4n) is 5.93. The number of methoxy groups -OCH3 is 2. The first-order chi connectivity index (χ1) is 19.4. The molecule has 14 heteroatoms. The molecule has 10 atom stereocenters. The van der Waals surface area contributed by atoms with Crippen LogP contribution in [0.15, 0.2) is 0 Å². The van der Waals surface area contributed by atoms with Crippen molar-refractivity contribution in [1.29, 1.82) is 0 Å². The summed E-state index contributed by atoms with van der Waals surface area (Å²) in [7, 11) is 3.01. The number of hydrogen-bond donors (Lipinski definition) is 2. The van der Waals surface area contributed by atoms with E-state index >= 15 is 0 Å². The highest BCUT2D eigenvalue weighted by Gasteiger charge is 2.59. The van der Waals surface area contributed by atoms with E-state index in [0.717, 1.165) is 0 Å². The molecular formula is C28H46N2O12. The van der Waals surface area contributed by atoms with Gasteiger partial charge in [-0.05, 0) is 55.4 Å². The second-order valence-corrected chi connectivity index (χ2v) is 13.1. The van der Waals surface area contributed by atoms with Crippen molar-refractivity contribution in [3.8, 4) is 0 Å². The van der Waals surface area contributed by atoms with Crippen LogP contribution < -0.4 is 10.6 Å². The number of ketones is 1. The van der Waals surface area contributed by atoms with Gasteiger partial charge in [0.05, 0.1) is 12.1 Å². The molecule has 0 aromatic heterocycles. The van der Waals surface area contributed by atoms with Gasteiger partial charge in [0, 0.05) is 27.1 Å². The van der Waals surface area contributed by atoms with E-state index in [1.54, 1.807) is 48.5 Å². The largest absolute Gasteiger partial charge is 0.444 e. The van der Waals surface area contributed by atoms with Crippen LogP contribution in [0.3, 0.4) is 0 Å². The van der Waals surface area contributed by atoms with Crippen molar-refractivity contribution in [2.24, 2.45) is 0 Å². The number of carbonyl (C=O) groups is 3. The highest BCUT2D eigenvalue weighted by atomic mass is 16.9. The average molecular weight is 603 g/mol. The van der Waals surface area contributed by atoms with Crippen molar-refractivity contribution in [3.63, 3.8) is 0 Å². The van der Waals surface area contributed by atoms with Gasteiger partial charge in [0.1, 0.15) is 48.0 Å². The summed E-state index contributed by atoms with van der Waals surface area (Å²) in [4.78, 5) is 38.7. The SMILES string of the molecule is COC1C(C(CC(C)=O)NC(=O)CC(NC(=O)OC(C)(C)C)C2OC3OC(C)(C)OC3C2OC)OC2OC(C)(C)OC21. The van der Waals surface area contributed by atoms with Crippen molar-refractivity contribution in [1.82, 2.24) is 10.6 Å². The van der Waals surface area contributed by atoms with Gasteiger partial charge in [-0.15, -0.1) is 0 Å². The monoisotopic (exact) mass is 602 g/mol. The van der Waals surface area contributed by atoms with Gasteiger partial charge in [-0.2, -0.15) is 0 Å². The first kappa shape index (κ1) is 33.0. The lowest BCUT2D eigenvalue weighted by Crippen LogP contribution is -2.55. The van der Waals surface area contributed by atoms with Crippen molar-refractivity contribution >= 4 is 17.8 Å². The number of hydrogen-bond acceptors (Lipinski definition) is 12. The Morgan fingerprint density at radius 3 is 1.62 bits per heavy atom. The molecule has 4 aliphatic rings. The molecule has 10 unspecified atom stereocenters. The minimum atomic E-state index is -0.904. The zero-order valence-electron chi connectivity index (χ0n) is 26.1.